The van der Waals surface area contributed by atoms with Crippen LogP contribution in [0.3, 0.4) is 0 Å². The summed E-state index contributed by atoms with van der Waals surface area (Å²) in [6.45, 7) is 4.72. The summed E-state index contributed by atoms with van der Waals surface area (Å²) in [7, 11) is 0. The lowest BCUT2D eigenvalue weighted by Gasteiger charge is -2.31. The molecular weight excluding hydrogens is 224 g/mol. The summed E-state index contributed by atoms with van der Waals surface area (Å²) in [6, 6.07) is 7.24. The van der Waals surface area contributed by atoms with E-state index in [2.05, 4.69) is 28.4 Å². The second-order valence-electron chi connectivity index (χ2n) is 5.81. The van der Waals surface area contributed by atoms with E-state index in [-0.39, 0.29) is 0 Å². The monoisotopic (exact) mass is 244 g/mol. The molecule has 2 bridgehead atoms. The first kappa shape index (κ1) is 10.7. The smallest absolute Gasteiger partial charge is 0.122 e. The van der Waals surface area contributed by atoms with Crippen molar-refractivity contribution in [2.45, 2.75) is 25.3 Å². The summed E-state index contributed by atoms with van der Waals surface area (Å²) in [6.07, 6.45) is 3.72. The molecule has 4 rings (SSSR count). The number of nitrogens with zero attached hydrogens (tertiary/aromatic N) is 1. The Morgan fingerprint density at radius 1 is 1.22 bits per heavy atom. The van der Waals surface area contributed by atoms with Crippen molar-refractivity contribution < 1.29 is 4.74 Å². The molecule has 3 nitrogen and oxygen atoms in total. The van der Waals surface area contributed by atoms with Gasteiger partial charge in [-0.15, -0.1) is 0 Å². The molecule has 2 fully saturated rings. The van der Waals surface area contributed by atoms with Crippen LogP contribution in [-0.2, 0) is 6.42 Å². The third-order valence-electron chi connectivity index (χ3n) is 4.68. The summed E-state index contributed by atoms with van der Waals surface area (Å²) >= 11 is 0. The Labute approximate surface area is 108 Å². The number of hydrogen-bond donors (Lipinski definition) is 1. The van der Waals surface area contributed by atoms with Crippen molar-refractivity contribution in [2.24, 2.45) is 5.92 Å². The number of nitrogens with one attached hydrogen (secondary N) is 1. The van der Waals surface area contributed by atoms with Crippen molar-refractivity contribution in [3.8, 4) is 5.75 Å². The van der Waals surface area contributed by atoms with Crippen LogP contribution in [0.15, 0.2) is 18.2 Å². The molecule has 18 heavy (non-hydrogen) atoms. The van der Waals surface area contributed by atoms with Crippen molar-refractivity contribution in [1.29, 1.82) is 0 Å². The fourth-order valence-electron chi connectivity index (χ4n) is 3.63. The lowest BCUT2D eigenvalue weighted by molar-refractivity contribution is 0.255. The zero-order chi connectivity index (χ0) is 11.9. The van der Waals surface area contributed by atoms with E-state index in [1.165, 1.54) is 43.7 Å². The molecule has 1 aromatic rings. The molecule has 0 aliphatic carbocycles. The first-order valence-electron chi connectivity index (χ1n) is 7.13. The minimum absolute atomic E-state index is 0.670. The molecule has 3 heterocycles. The van der Waals surface area contributed by atoms with Crippen molar-refractivity contribution in [2.75, 3.05) is 31.6 Å². The van der Waals surface area contributed by atoms with Gasteiger partial charge in [0.1, 0.15) is 5.75 Å². The zero-order valence-corrected chi connectivity index (χ0v) is 10.7. The van der Waals surface area contributed by atoms with Gasteiger partial charge >= 0.3 is 0 Å². The normalized spacial score (nSPS) is 33.0. The van der Waals surface area contributed by atoms with Gasteiger partial charge in [0.25, 0.3) is 0 Å². The fraction of sp³-hybridized carbons (Fsp3) is 0.600. The van der Waals surface area contributed by atoms with Crippen LogP contribution >= 0.6 is 0 Å². The fourth-order valence-corrected chi connectivity index (χ4v) is 3.63. The highest BCUT2D eigenvalue weighted by Crippen LogP contribution is 2.32. The van der Waals surface area contributed by atoms with Crippen molar-refractivity contribution in [3.05, 3.63) is 23.8 Å². The highest BCUT2D eigenvalue weighted by Gasteiger charge is 2.34. The molecule has 0 radical (unpaired) electrons. The maximum absolute atomic E-state index is 5.56. The van der Waals surface area contributed by atoms with Crippen molar-refractivity contribution in [3.63, 3.8) is 0 Å². The first-order valence-corrected chi connectivity index (χ1v) is 7.13. The molecule has 0 spiro atoms. The molecule has 2 saturated heterocycles. The molecule has 3 unspecified atom stereocenters. The molecule has 3 aliphatic heterocycles. The molecule has 0 aromatic heterocycles. The van der Waals surface area contributed by atoms with Gasteiger partial charge in [0, 0.05) is 31.2 Å². The standard InChI is InChI=1S/C15H20N2O/c1-2-15-11(5-8-18-15)9-13(1)16-14-4-7-17-6-3-12(14)10-17/h1-2,9,12,14,16H,3-8,10H2. The summed E-state index contributed by atoms with van der Waals surface area (Å²) < 4.78 is 5.56. The second-order valence-corrected chi connectivity index (χ2v) is 5.81. The van der Waals surface area contributed by atoms with Crippen molar-refractivity contribution >= 4 is 5.69 Å². The van der Waals surface area contributed by atoms with Crippen LogP contribution in [0.4, 0.5) is 5.69 Å². The number of rotatable bonds is 2. The molecular formula is C15H20N2O. The third-order valence-corrected chi connectivity index (χ3v) is 4.68. The zero-order valence-electron chi connectivity index (χ0n) is 10.7. The molecule has 96 valence electrons. The van der Waals surface area contributed by atoms with Gasteiger partial charge in [-0.1, -0.05) is 0 Å². The Hall–Kier alpha value is -1.22. The van der Waals surface area contributed by atoms with Gasteiger partial charge in [-0.25, -0.2) is 0 Å². The van der Waals surface area contributed by atoms with Gasteiger partial charge in [0.15, 0.2) is 0 Å². The first-order chi connectivity index (χ1) is 8.88. The number of fused-ring (bicyclic) bond motifs is 3. The van der Waals surface area contributed by atoms with Crippen molar-refractivity contribution in [1.82, 2.24) is 4.90 Å². The minimum atomic E-state index is 0.670. The van der Waals surface area contributed by atoms with Gasteiger partial charge in [0.2, 0.25) is 0 Å². The van der Waals surface area contributed by atoms with Gasteiger partial charge in [-0.05, 0) is 49.1 Å². The van der Waals surface area contributed by atoms with Crippen LogP contribution in [-0.4, -0.2) is 37.2 Å². The Bertz CT molecular complexity index is 460. The van der Waals surface area contributed by atoms with Crippen LogP contribution in [0.1, 0.15) is 18.4 Å². The molecule has 1 N–H and O–H groups in total. The predicted molar refractivity (Wildman–Crippen MR) is 72.2 cm³/mol. The van der Waals surface area contributed by atoms with Gasteiger partial charge < -0.3 is 15.0 Å². The Morgan fingerprint density at radius 3 is 3.17 bits per heavy atom. The SMILES string of the molecule is c1cc2c(cc1NC1CCN3CCC1C3)CCO2. The maximum atomic E-state index is 5.56. The third kappa shape index (κ3) is 1.77. The van der Waals surface area contributed by atoms with E-state index < -0.39 is 0 Å². The Balaban J connectivity index is 1.51. The van der Waals surface area contributed by atoms with Crippen LogP contribution in [0.25, 0.3) is 0 Å². The summed E-state index contributed by atoms with van der Waals surface area (Å²) in [5.74, 6) is 1.93. The predicted octanol–water partition coefficient (Wildman–Crippen LogP) is 2.13. The number of benzene rings is 1. The van der Waals surface area contributed by atoms with Crippen LogP contribution < -0.4 is 10.1 Å². The number of ether oxygens (including phenoxy) is 1. The highest BCUT2D eigenvalue weighted by molar-refractivity contribution is 5.53. The van der Waals surface area contributed by atoms with E-state index in [1.807, 2.05) is 0 Å². The van der Waals surface area contributed by atoms with E-state index in [4.69, 9.17) is 4.74 Å². The molecule has 1 aromatic carbocycles. The molecule has 3 atom stereocenters. The summed E-state index contributed by atoms with van der Waals surface area (Å²) in [4.78, 5) is 2.60. The average Bonchev–Trinajstić information content (AvgIpc) is 3.00. The van der Waals surface area contributed by atoms with Crippen LogP contribution in [0, 0.1) is 5.92 Å². The quantitative estimate of drug-likeness (QED) is 0.862. The Morgan fingerprint density at radius 2 is 2.17 bits per heavy atom. The van der Waals surface area contributed by atoms with Gasteiger partial charge in [-0.2, -0.15) is 0 Å². The van der Waals surface area contributed by atoms with E-state index >= 15 is 0 Å². The van der Waals surface area contributed by atoms with Gasteiger partial charge in [-0.3, -0.25) is 0 Å². The lowest BCUT2D eigenvalue weighted by atomic mass is 9.94. The summed E-state index contributed by atoms with van der Waals surface area (Å²) in [5.41, 5.74) is 2.65. The lowest BCUT2D eigenvalue weighted by Crippen LogP contribution is -2.39. The maximum Gasteiger partial charge on any atom is 0.122 e. The largest absolute Gasteiger partial charge is 0.493 e. The highest BCUT2D eigenvalue weighted by atomic mass is 16.5. The number of hydrogen-bond acceptors (Lipinski definition) is 3. The molecule has 0 saturated carbocycles. The van der Waals surface area contributed by atoms with Gasteiger partial charge in [0.05, 0.1) is 6.61 Å². The van der Waals surface area contributed by atoms with Crippen LogP contribution in [0.5, 0.6) is 5.75 Å². The summed E-state index contributed by atoms with van der Waals surface area (Å²) in [5, 5.41) is 3.76. The number of piperidine rings is 1. The topological polar surface area (TPSA) is 24.5 Å². The number of anilines is 1. The molecule has 3 aliphatic rings. The second kappa shape index (κ2) is 4.16. The van der Waals surface area contributed by atoms with E-state index in [1.54, 1.807) is 0 Å². The molecule has 3 heteroatoms. The van der Waals surface area contributed by atoms with E-state index in [0.717, 1.165) is 24.7 Å². The Kier molecular flexibility index (Phi) is 2.47. The van der Waals surface area contributed by atoms with E-state index in [9.17, 15) is 0 Å². The average molecular weight is 244 g/mol. The van der Waals surface area contributed by atoms with E-state index in [0.29, 0.717) is 6.04 Å². The molecule has 0 amide bonds. The van der Waals surface area contributed by atoms with Crippen LogP contribution in [0.2, 0.25) is 0 Å². The minimum Gasteiger partial charge on any atom is -0.493 e.